The molecule has 1 aliphatic heterocycles. The number of halogens is 1. The molecule has 4 nitrogen and oxygen atoms in total. The first-order valence-electron chi connectivity index (χ1n) is 10.7. The van der Waals surface area contributed by atoms with Crippen LogP contribution in [0.3, 0.4) is 0 Å². The normalized spacial score (nSPS) is 14.9. The van der Waals surface area contributed by atoms with E-state index in [1.54, 1.807) is 0 Å². The Kier molecular flexibility index (Phi) is 8.35. The van der Waals surface area contributed by atoms with Gasteiger partial charge in [-0.25, -0.2) is 0 Å². The number of benzene rings is 2. The fourth-order valence-electron chi connectivity index (χ4n) is 4.05. The van der Waals surface area contributed by atoms with Crippen molar-refractivity contribution in [2.24, 2.45) is 0 Å². The van der Waals surface area contributed by atoms with Crippen molar-refractivity contribution in [3.8, 4) is 5.75 Å². The molecule has 0 radical (unpaired) electrons. The molecular weight excluding hydrogens is 396 g/mol. The number of aromatic nitrogens is 1. The molecular formula is C25H31ClN2O2. The first kappa shape index (κ1) is 22.4. The molecule has 0 amide bonds. The third-order valence-electron chi connectivity index (χ3n) is 5.53. The maximum atomic E-state index is 8.81. The van der Waals surface area contributed by atoms with E-state index in [2.05, 4.69) is 46.9 Å². The molecule has 0 spiro atoms. The van der Waals surface area contributed by atoms with Crippen LogP contribution in [0.25, 0.3) is 10.9 Å². The lowest BCUT2D eigenvalue weighted by Gasteiger charge is -2.32. The van der Waals surface area contributed by atoms with E-state index in [4.69, 9.17) is 21.1 Å². The van der Waals surface area contributed by atoms with Crippen LogP contribution in [0.1, 0.15) is 31.7 Å². The average Bonchev–Trinajstić information content (AvgIpc) is 3.08. The second-order valence-electron chi connectivity index (χ2n) is 7.70. The second kappa shape index (κ2) is 11.2. The van der Waals surface area contributed by atoms with Crippen LogP contribution in [-0.2, 0) is 11.3 Å². The first-order chi connectivity index (χ1) is 14.6. The summed E-state index contributed by atoms with van der Waals surface area (Å²) in [5.41, 5.74) is 2.71. The van der Waals surface area contributed by atoms with Crippen LogP contribution in [0.5, 0.6) is 5.75 Å². The number of piperidine rings is 1. The standard InChI is InChI=1S/C23H27ClN2O.C2H4O/c1-18-17-26(22-9-4-2-7-20(18)22)14-6-13-25-15-11-19(12-16-25)27-23-10-5-3-8-21(23)24;1-2-3/h2-5,7-10,17,19H,6,11-16H2,1H3;2H,1H3. The Morgan fingerprint density at radius 2 is 1.73 bits per heavy atom. The van der Waals surface area contributed by atoms with Crippen LogP contribution in [0.2, 0.25) is 5.02 Å². The predicted octanol–water partition coefficient (Wildman–Crippen LogP) is 5.74. The number of likely N-dealkylation sites (tertiary alicyclic amines) is 1. The quantitative estimate of drug-likeness (QED) is 0.471. The van der Waals surface area contributed by atoms with Gasteiger partial charge in [0, 0.05) is 36.7 Å². The molecule has 0 saturated carbocycles. The number of aldehydes is 1. The second-order valence-corrected chi connectivity index (χ2v) is 8.11. The summed E-state index contributed by atoms with van der Waals surface area (Å²) >= 11 is 6.20. The molecule has 0 bridgehead atoms. The third-order valence-corrected chi connectivity index (χ3v) is 5.84. The highest BCUT2D eigenvalue weighted by atomic mass is 35.5. The molecule has 30 heavy (non-hydrogen) atoms. The lowest BCUT2D eigenvalue weighted by Crippen LogP contribution is -2.39. The molecule has 3 aromatic rings. The van der Waals surface area contributed by atoms with Gasteiger partial charge in [-0.3, -0.25) is 0 Å². The van der Waals surface area contributed by atoms with Gasteiger partial charge in [-0.1, -0.05) is 41.9 Å². The molecule has 2 aromatic carbocycles. The van der Waals surface area contributed by atoms with Gasteiger partial charge >= 0.3 is 0 Å². The maximum absolute atomic E-state index is 8.81. The zero-order chi connectivity index (χ0) is 21.3. The molecule has 160 valence electrons. The number of nitrogens with zero attached hydrogens (tertiary/aromatic N) is 2. The van der Waals surface area contributed by atoms with Gasteiger partial charge in [0.1, 0.15) is 18.1 Å². The number of ether oxygens (including phenoxy) is 1. The van der Waals surface area contributed by atoms with Crippen molar-refractivity contribution in [3.05, 3.63) is 65.3 Å². The number of aryl methyl sites for hydroxylation is 2. The van der Waals surface area contributed by atoms with Crippen molar-refractivity contribution >= 4 is 28.8 Å². The van der Waals surface area contributed by atoms with Gasteiger partial charge in [0.2, 0.25) is 0 Å². The fourth-order valence-corrected chi connectivity index (χ4v) is 4.23. The van der Waals surface area contributed by atoms with Gasteiger partial charge in [-0.15, -0.1) is 0 Å². The summed E-state index contributed by atoms with van der Waals surface area (Å²) in [6.45, 7) is 8.05. The number of carbonyl (C=O) groups is 1. The molecule has 1 fully saturated rings. The lowest BCUT2D eigenvalue weighted by atomic mass is 10.1. The Labute approximate surface area is 184 Å². The summed E-state index contributed by atoms with van der Waals surface area (Å²) in [6.07, 6.45) is 6.62. The van der Waals surface area contributed by atoms with E-state index in [1.807, 2.05) is 24.3 Å². The Hall–Kier alpha value is -2.30. The van der Waals surface area contributed by atoms with Gasteiger partial charge in [0.15, 0.2) is 0 Å². The van der Waals surface area contributed by atoms with Crippen LogP contribution in [-0.4, -0.2) is 41.5 Å². The molecule has 0 N–H and O–H groups in total. The molecule has 5 heteroatoms. The lowest BCUT2D eigenvalue weighted by molar-refractivity contribution is -0.106. The van der Waals surface area contributed by atoms with Crippen molar-refractivity contribution in [1.82, 2.24) is 9.47 Å². The molecule has 1 saturated heterocycles. The predicted molar refractivity (Wildman–Crippen MR) is 125 cm³/mol. The van der Waals surface area contributed by atoms with Crippen LogP contribution >= 0.6 is 11.6 Å². The summed E-state index contributed by atoms with van der Waals surface area (Å²) in [5, 5.41) is 2.07. The number of hydrogen-bond acceptors (Lipinski definition) is 3. The Balaban J connectivity index is 0.000000806. The first-order valence-corrected chi connectivity index (χ1v) is 11.1. The Morgan fingerprint density at radius 3 is 2.47 bits per heavy atom. The van der Waals surface area contributed by atoms with Crippen LogP contribution in [0, 0.1) is 6.92 Å². The minimum absolute atomic E-state index is 0.275. The monoisotopic (exact) mass is 426 g/mol. The minimum Gasteiger partial charge on any atom is -0.489 e. The van der Waals surface area contributed by atoms with E-state index >= 15 is 0 Å². The van der Waals surface area contributed by atoms with E-state index < -0.39 is 0 Å². The van der Waals surface area contributed by atoms with Crippen molar-refractivity contribution in [2.75, 3.05) is 19.6 Å². The molecule has 0 atom stereocenters. The zero-order valence-electron chi connectivity index (χ0n) is 17.9. The minimum atomic E-state index is 0.275. The van der Waals surface area contributed by atoms with E-state index in [-0.39, 0.29) is 6.10 Å². The molecule has 4 rings (SSSR count). The topological polar surface area (TPSA) is 34.5 Å². The molecule has 0 aliphatic carbocycles. The van der Waals surface area contributed by atoms with Gasteiger partial charge < -0.3 is 19.0 Å². The summed E-state index contributed by atoms with van der Waals surface area (Å²) < 4.78 is 8.50. The smallest absolute Gasteiger partial charge is 0.138 e. The molecule has 0 unspecified atom stereocenters. The summed E-state index contributed by atoms with van der Waals surface area (Å²) in [4.78, 5) is 11.4. The highest BCUT2D eigenvalue weighted by molar-refractivity contribution is 6.32. The summed E-state index contributed by atoms with van der Waals surface area (Å²) in [5.74, 6) is 0.812. The van der Waals surface area contributed by atoms with Crippen molar-refractivity contribution in [3.63, 3.8) is 0 Å². The van der Waals surface area contributed by atoms with Gasteiger partial charge in [0.05, 0.1) is 5.02 Å². The average molecular weight is 427 g/mol. The number of para-hydroxylation sites is 2. The molecule has 1 aliphatic rings. The SMILES string of the molecule is CC=O.Cc1cn(CCCN2CCC(Oc3ccccc3Cl)CC2)c2ccccc12. The largest absolute Gasteiger partial charge is 0.489 e. The number of carbonyl (C=O) groups excluding carboxylic acids is 1. The number of hydrogen-bond donors (Lipinski definition) is 0. The van der Waals surface area contributed by atoms with Crippen LogP contribution in [0.4, 0.5) is 0 Å². The Morgan fingerprint density at radius 1 is 1.07 bits per heavy atom. The highest BCUT2D eigenvalue weighted by Crippen LogP contribution is 2.27. The summed E-state index contributed by atoms with van der Waals surface area (Å²) in [7, 11) is 0. The number of rotatable bonds is 6. The maximum Gasteiger partial charge on any atom is 0.138 e. The fraction of sp³-hybridized carbons (Fsp3) is 0.400. The van der Waals surface area contributed by atoms with Gasteiger partial charge in [-0.05, 0) is 63.4 Å². The zero-order valence-corrected chi connectivity index (χ0v) is 18.6. The molecule has 2 heterocycles. The summed E-state index contributed by atoms with van der Waals surface area (Å²) in [6, 6.07) is 16.4. The van der Waals surface area contributed by atoms with Crippen LogP contribution < -0.4 is 4.74 Å². The van der Waals surface area contributed by atoms with E-state index in [9.17, 15) is 0 Å². The Bertz CT molecular complexity index is 945. The van der Waals surface area contributed by atoms with E-state index in [0.29, 0.717) is 5.02 Å². The van der Waals surface area contributed by atoms with Crippen LogP contribution in [0.15, 0.2) is 54.7 Å². The third kappa shape index (κ3) is 5.87. The van der Waals surface area contributed by atoms with Crippen molar-refractivity contribution in [2.45, 2.75) is 45.8 Å². The van der Waals surface area contributed by atoms with Crippen molar-refractivity contribution in [1.29, 1.82) is 0 Å². The van der Waals surface area contributed by atoms with Gasteiger partial charge in [-0.2, -0.15) is 0 Å². The molecule has 1 aromatic heterocycles. The van der Waals surface area contributed by atoms with E-state index in [1.165, 1.54) is 29.8 Å². The van der Waals surface area contributed by atoms with Crippen molar-refractivity contribution < 1.29 is 9.53 Å². The van der Waals surface area contributed by atoms with Gasteiger partial charge in [0.25, 0.3) is 0 Å². The van der Waals surface area contributed by atoms with E-state index in [0.717, 1.165) is 51.1 Å². The number of fused-ring (bicyclic) bond motifs is 1. The highest BCUT2D eigenvalue weighted by Gasteiger charge is 2.21.